The van der Waals surface area contributed by atoms with Crippen molar-refractivity contribution in [2.24, 2.45) is 11.8 Å². The zero-order valence-electron chi connectivity index (χ0n) is 28.8. The van der Waals surface area contributed by atoms with Crippen LogP contribution in [0.4, 0.5) is 0 Å². The van der Waals surface area contributed by atoms with E-state index in [9.17, 15) is 24.6 Å². The Labute approximate surface area is 277 Å². The number of aliphatic carboxylic acids is 1. The molecule has 0 saturated heterocycles. The average molecular weight is 648 g/mol. The van der Waals surface area contributed by atoms with Gasteiger partial charge in [-0.05, 0) is 62.6 Å². The van der Waals surface area contributed by atoms with Crippen molar-refractivity contribution < 1.29 is 38.8 Å². The van der Waals surface area contributed by atoms with Crippen LogP contribution in [-0.4, -0.2) is 67.6 Å². The fourth-order valence-corrected chi connectivity index (χ4v) is 5.39. The first-order valence-electron chi connectivity index (χ1n) is 17.4. The number of benzene rings is 1. The quantitative estimate of drug-likeness (QED) is 0.0363. The van der Waals surface area contributed by atoms with Crippen molar-refractivity contribution in [3.63, 3.8) is 0 Å². The molecule has 9 heteroatoms. The number of aliphatic hydroxyl groups excluding tert-OH is 1. The standard InChI is InChI=1S/C37H61NO8/c1-5-7-9-12-15-18-30(39)19-16-13-10-11-14-17-20-32(33(36(41)42)25-27-44-3)35(40)38-34(37(43)45-4)28-29-21-23-31(24-22-29)46-26-8-6-2/h17,20-24,32-35,38,40H,5-16,18-19,25-28H2,1-4H3,(H,41,42)/b20-17+/t32-,33+,34-,35?/m0/s1. The van der Waals surface area contributed by atoms with E-state index in [1.165, 1.54) is 33.5 Å². The number of carboxylic acids is 1. The van der Waals surface area contributed by atoms with Crippen LogP contribution in [0.25, 0.3) is 0 Å². The molecule has 0 heterocycles. The van der Waals surface area contributed by atoms with Gasteiger partial charge in [-0.15, -0.1) is 0 Å². The molecule has 0 aliphatic heterocycles. The maximum Gasteiger partial charge on any atom is 0.323 e. The Morgan fingerprint density at radius 3 is 2.07 bits per heavy atom. The Balaban J connectivity index is 2.76. The van der Waals surface area contributed by atoms with Crippen LogP contribution in [0.1, 0.15) is 116 Å². The molecule has 1 aromatic rings. The summed E-state index contributed by atoms with van der Waals surface area (Å²) in [6.07, 6.45) is 16.4. The maximum atomic E-state index is 12.7. The zero-order valence-corrected chi connectivity index (χ0v) is 28.8. The van der Waals surface area contributed by atoms with Crippen molar-refractivity contribution >= 4 is 17.7 Å². The zero-order chi connectivity index (χ0) is 34.0. The molecule has 1 rings (SSSR count). The van der Waals surface area contributed by atoms with Crippen LogP contribution < -0.4 is 10.1 Å². The van der Waals surface area contributed by atoms with E-state index in [2.05, 4.69) is 19.2 Å². The molecule has 46 heavy (non-hydrogen) atoms. The third-order valence-corrected chi connectivity index (χ3v) is 8.26. The number of ether oxygens (including phenoxy) is 3. The van der Waals surface area contributed by atoms with Gasteiger partial charge in [-0.2, -0.15) is 0 Å². The van der Waals surface area contributed by atoms with Crippen LogP contribution in [0.3, 0.4) is 0 Å². The summed E-state index contributed by atoms with van der Waals surface area (Å²) in [5.41, 5.74) is 0.841. The molecule has 0 fully saturated rings. The number of aliphatic hydroxyl groups is 1. The van der Waals surface area contributed by atoms with Crippen molar-refractivity contribution in [1.29, 1.82) is 0 Å². The van der Waals surface area contributed by atoms with Gasteiger partial charge in [-0.3, -0.25) is 19.7 Å². The number of carbonyl (C=O) groups is 3. The van der Waals surface area contributed by atoms with Gasteiger partial charge in [0.05, 0.1) is 19.6 Å². The van der Waals surface area contributed by atoms with Gasteiger partial charge in [0.25, 0.3) is 0 Å². The summed E-state index contributed by atoms with van der Waals surface area (Å²) in [5, 5.41) is 24.3. The predicted octanol–water partition coefficient (Wildman–Crippen LogP) is 7.04. The minimum atomic E-state index is -1.32. The van der Waals surface area contributed by atoms with Gasteiger partial charge in [-0.1, -0.05) is 83.1 Å². The monoisotopic (exact) mass is 647 g/mol. The highest BCUT2D eigenvalue weighted by atomic mass is 16.5. The molecule has 0 amide bonds. The molecule has 0 aromatic heterocycles. The predicted molar refractivity (Wildman–Crippen MR) is 182 cm³/mol. The van der Waals surface area contributed by atoms with Crippen molar-refractivity contribution in [3.05, 3.63) is 42.0 Å². The first kappa shape index (κ1) is 41.3. The summed E-state index contributed by atoms with van der Waals surface area (Å²) in [6.45, 7) is 5.14. The first-order chi connectivity index (χ1) is 22.3. The summed E-state index contributed by atoms with van der Waals surface area (Å²) in [7, 11) is 2.79. The Bertz CT molecular complexity index is 980. The summed E-state index contributed by atoms with van der Waals surface area (Å²) in [4.78, 5) is 37.1. The van der Waals surface area contributed by atoms with Crippen LogP contribution in [0, 0.1) is 11.8 Å². The average Bonchev–Trinajstić information content (AvgIpc) is 3.04. The highest BCUT2D eigenvalue weighted by molar-refractivity contribution is 5.78. The van der Waals surface area contributed by atoms with Gasteiger partial charge >= 0.3 is 11.9 Å². The SMILES string of the molecule is CCCCCCCC(=O)CCCCCC/C=C/[C@H](C(O)N[C@@H](Cc1ccc(OCCCC)cc1)C(=O)OC)[C@@H](CCOC)C(=O)O. The third kappa shape index (κ3) is 18.4. The van der Waals surface area contributed by atoms with E-state index in [0.29, 0.717) is 25.2 Å². The molecule has 0 aliphatic rings. The number of Topliss-reactive ketones (excluding diaryl/α,β-unsaturated/α-hetero) is 1. The number of unbranched alkanes of at least 4 members (excludes halogenated alkanes) is 9. The number of ketones is 1. The van der Waals surface area contributed by atoms with E-state index in [-0.39, 0.29) is 19.4 Å². The molecular formula is C37H61NO8. The highest BCUT2D eigenvalue weighted by Crippen LogP contribution is 2.23. The molecule has 0 bridgehead atoms. The van der Waals surface area contributed by atoms with Crippen molar-refractivity contribution in [2.45, 2.75) is 129 Å². The number of esters is 1. The van der Waals surface area contributed by atoms with Gasteiger partial charge in [0.2, 0.25) is 0 Å². The number of rotatable bonds is 29. The number of hydrogen-bond acceptors (Lipinski definition) is 8. The Morgan fingerprint density at radius 2 is 1.48 bits per heavy atom. The van der Waals surface area contributed by atoms with E-state index < -0.39 is 36.0 Å². The summed E-state index contributed by atoms with van der Waals surface area (Å²) in [6, 6.07) is 6.54. The minimum Gasteiger partial charge on any atom is -0.494 e. The molecule has 1 unspecified atom stereocenters. The Hall–Kier alpha value is -2.75. The lowest BCUT2D eigenvalue weighted by atomic mass is 9.87. The number of nitrogens with one attached hydrogen (secondary N) is 1. The molecule has 0 radical (unpaired) electrons. The van der Waals surface area contributed by atoms with Gasteiger partial charge in [0.15, 0.2) is 0 Å². The normalized spacial score (nSPS) is 14.1. The lowest BCUT2D eigenvalue weighted by Gasteiger charge is -2.29. The van der Waals surface area contributed by atoms with E-state index in [4.69, 9.17) is 14.2 Å². The molecule has 0 aliphatic carbocycles. The fraction of sp³-hybridized carbons (Fsp3) is 0.703. The van der Waals surface area contributed by atoms with Gasteiger partial charge in [-0.25, -0.2) is 0 Å². The van der Waals surface area contributed by atoms with Gasteiger partial charge in [0.1, 0.15) is 23.8 Å². The first-order valence-corrected chi connectivity index (χ1v) is 17.4. The Morgan fingerprint density at radius 1 is 0.848 bits per heavy atom. The van der Waals surface area contributed by atoms with E-state index in [0.717, 1.165) is 69.1 Å². The van der Waals surface area contributed by atoms with Crippen LogP contribution in [0.15, 0.2) is 36.4 Å². The smallest absolute Gasteiger partial charge is 0.323 e. The highest BCUT2D eigenvalue weighted by Gasteiger charge is 2.34. The fourth-order valence-electron chi connectivity index (χ4n) is 5.39. The maximum absolute atomic E-state index is 12.7. The molecule has 1 aromatic carbocycles. The second-order valence-electron chi connectivity index (χ2n) is 12.1. The number of carboxylic acid groups (broad SMARTS) is 1. The van der Waals surface area contributed by atoms with E-state index >= 15 is 0 Å². The summed E-state index contributed by atoms with van der Waals surface area (Å²) < 4.78 is 15.9. The van der Waals surface area contributed by atoms with Crippen molar-refractivity contribution in [3.8, 4) is 5.75 Å². The van der Waals surface area contributed by atoms with E-state index in [1.807, 2.05) is 30.3 Å². The minimum absolute atomic E-state index is 0.203. The number of carbonyl (C=O) groups excluding carboxylic acids is 2. The van der Waals surface area contributed by atoms with Gasteiger partial charge < -0.3 is 24.4 Å². The lowest BCUT2D eigenvalue weighted by Crippen LogP contribution is -2.50. The van der Waals surface area contributed by atoms with Gasteiger partial charge in [0, 0.05) is 32.5 Å². The molecule has 3 N–H and O–H groups in total. The number of allylic oxidation sites excluding steroid dienone is 1. The topological polar surface area (TPSA) is 131 Å². The Kier molecular flexibility index (Phi) is 23.6. The molecule has 4 atom stereocenters. The summed E-state index contributed by atoms with van der Waals surface area (Å²) in [5.74, 6) is -2.22. The molecular weight excluding hydrogens is 586 g/mol. The number of methoxy groups -OCH3 is 2. The van der Waals surface area contributed by atoms with Crippen LogP contribution in [0.5, 0.6) is 5.75 Å². The third-order valence-electron chi connectivity index (χ3n) is 8.26. The van der Waals surface area contributed by atoms with Crippen LogP contribution in [-0.2, 0) is 30.3 Å². The lowest BCUT2D eigenvalue weighted by molar-refractivity contribution is -0.147. The number of hydrogen-bond donors (Lipinski definition) is 3. The van der Waals surface area contributed by atoms with E-state index in [1.54, 1.807) is 6.08 Å². The largest absolute Gasteiger partial charge is 0.494 e. The second-order valence-corrected chi connectivity index (χ2v) is 12.1. The molecule has 262 valence electrons. The van der Waals surface area contributed by atoms with Crippen LogP contribution in [0.2, 0.25) is 0 Å². The molecule has 0 saturated carbocycles. The van der Waals surface area contributed by atoms with Crippen molar-refractivity contribution in [2.75, 3.05) is 27.4 Å². The van der Waals surface area contributed by atoms with Crippen LogP contribution >= 0.6 is 0 Å². The second kappa shape index (κ2) is 26.3. The summed E-state index contributed by atoms with van der Waals surface area (Å²) >= 11 is 0. The molecule has 9 nitrogen and oxygen atoms in total. The molecule has 0 spiro atoms. The van der Waals surface area contributed by atoms with Crippen molar-refractivity contribution in [1.82, 2.24) is 5.32 Å².